The Hall–Kier alpha value is -3.27. The lowest BCUT2D eigenvalue weighted by atomic mass is 9.75. The topological polar surface area (TPSA) is 105 Å². The number of cyclic esters (lactones) is 1. The van der Waals surface area contributed by atoms with Gasteiger partial charge >= 0.3 is 12.3 Å². The summed E-state index contributed by atoms with van der Waals surface area (Å²) in [7, 11) is 0. The Balaban J connectivity index is 1.72. The summed E-state index contributed by atoms with van der Waals surface area (Å²) < 4.78 is 49.9. The lowest BCUT2D eigenvalue weighted by Crippen LogP contribution is -2.45. The first-order chi connectivity index (χ1) is 17.7. The van der Waals surface area contributed by atoms with Gasteiger partial charge in [0, 0.05) is 22.5 Å². The first-order valence-electron chi connectivity index (χ1n) is 11.7. The maximum absolute atomic E-state index is 13.9. The Morgan fingerprint density at radius 2 is 1.89 bits per heavy atom. The summed E-state index contributed by atoms with van der Waals surface area (Å²) >= 11 is 6.05. The Morgan fingerprint density at radius 3 is 2.54 bits per heavy atom. The van der Waals surface area contributed by atoms with Gasteiger partial charge < -0.3 is 9.47 Å². The van der Waals surface area contributed by atoms with Crippen LogP contribution in [-0.4, -0.2) is 48.4 Å². The molecule has 12 heteroatoms. The third-order valence-corrected chi connectivity index (χ3v) is 6.95. The van der Waals surface area contributed by atoms with Crippen molar-refractivity contribution >= 4 is 23.6 Å². The quantitative estimate of drug-likeness (QED) is 0.227. The van der Waals surface area contributed by atoms with Crippen molar-refractivity contribution < 1.29 is 32.2 Å². The van der Waals surface area contributed by atoms with Crippen LogP contribution in [0.4, 0.5) is 18.0 Å². The number of carbonyl (C=O) groups excluding carboxylic acids is 2. The molecule has 0 radical (unpaired) electrons. The van der Waals surface area contributed by atoms with Crippen molar-refractivity contribution in [3.05, 3.63) is 81.2 Å². The van der Waals surface area contributed by atoms with Gasteiger partial charge in [0.2, 0.25) is 5.91 Å². The molecular weight excluding hydrogens is 513 g/mol. The minimum Gasteiger partial charge on any atom is -0.446 e. The van der Waals surface area contributed by atoms with Crippen LogP contribution in [0.15, 0.2) is 59.7 Å². The van der Waals surface area contributed by atoms with E-state index in [-0.39, 0.29) is 19.6 Å². The van der Waals surface area contributed by atoms with E-state index in [4.69, 9.17) is 21.1 Å². The molecule has 0 aromatic heterocycles. The summed E-state index contributed by atoms with van der Waals surface area (Å²) in [5, 5.41) is 4.21. The highest BCUT2D eigenvalue weighted by Crippen LogP contribution is 2.42. The normalized spacial score (nSPS) is 23.6. The van der Waals surface area contributed by atoms with Crippen molar-refractivity contribution in [1.29, 1.82) is 0 Å². The number of nitrogens with zero attached hydrogens (tertiary/aromatic N) is 4. The van der Waals surface area contributed by atoms with E-state index in [2.05, 4.69) is 10.0 Å². The molecule has 2 saturated heterocycles. The fourth-order valence-corrected chi connectivity index (χ4v) is 5.22. The van der Waals surface area contributed by atoms with Crippen LogP contribution in [0.1, 0.15) is 42.3 Å². The van der Waals surface area contributed by atoms with E-state index < -0.39 is 54.6 Å². The summed E-state index contributed by atoms with van der Waals surface area (Å²) in [5.74, 6) is -2.12. The molecule has 2 aliphatic heterocycles. The van der Waals surface area contributed by atoms with Gasteiger partial charge in [-0.05, 0) is 47.6 Å². The largest absolute Gasteiger partial charge is 0.446 e. The molecule has 196 valence electrons. The number of imide groups is 1. The molecule has 8 nitrogen and oxygen atoms in total. The number of ether oxygens (including phenoxy) is 2. The Kier molecular flexibility index (Phi) is 8.26. The number of alkyl halides is 3. The molecule has 0 unspecified atom stereocenters. The van der Waals surface area contributed by atoms with Crippen molar-refractivity contribution in [3.8, 4) is 0 Å². The van der Waals surface area contributed by atoms with Crippen LogP contribution in [0, 0.1) is 5.92 Å². The first-order valence-corrected chi connectivity index (χ1v) is 12.1. The second kappa shape index (κ2) is 11.4. The van der Waals surface area contributed by atoms with E-state index in [1.165, 1.54) is 0 Å². The SMILES string of the molecule is [N-]=[N+]=N[C@H](C(=O)N1C(=O)OC[C@@H]1c1ccccc1)[C@@H](c1ccc(Cl)cc1)[C@H]1CCO[C@@H](CC(F)(F)F)C1. The van der Waals surface area contributed by atoms with E-state index >= 15 is 0 Å². The van der Waals surface area contributed by atoms with Gasteiger partial charge in [0.05, 0.1) is 12.5 Å². The number of halogens is 4. The molecule has 0 bridgehead atoms. The van der Waals surface area contributed by atoms with Crippen molar-refractivity contribution in [2.75, 3.05) is 13.2 Å². The molecule has 0 saturated carbocycles. The lowest BCUT2D eigenvalue weighted by Gasteiger charge is -2.38. The van der Waals surface area contributed by atoms with E-state index in [1.54, 1.807) is 54.6 Å². The number of hydrogen-bond acceptors (Lipinski definition) is 5. The highest BCUT2D eigenvalue weighted by atomic mass is 35.5. The maximum Gasteiger partial charge on any atom is 0.417 e. The molecule has 2 aliphatic rings. The molecule has 4 rings (SSSR count). The van der Waals surface area contributed by atoms with Crippen LogP contribution in [0.2, 0.25) is 5.02 Å². The third kappa shape index (κ3) is 6.36. The second-order valence-electron chi connectivity index (χ2n) is 9.04. The van der Waals surface area contributed by atoms with Gasteiger partial charge in [0.25, 0.3) is 0 Å². The van der Waals surface area contributed by atoms with Gasteiger partial charge in [-0.3, -0.25) is 4.79 Å². The average molecular weight is 537 g/mol. The lowest BCUT2D eigenvalue weighted by molar-refractivity contribution is -0.170. The number of azide groups is 1. The molecule has 2 fully saturated rings. The number of benzene rings is 2. The first kappa shape index (κ1) is 26.8. The summed E-state index contributed by atoms with van der Waals surface area (Å²) in [6, 6.07) is 13.1. The Labute approximate surface area is 215 Å². The van der Waals surface area contributed by atoms with Crippen LogP contribution < -0.4 is 0 Å². The van der Waals surface area contributed by atoms with Crippen LogP contribution in [0.3, 0.4) is 0 Å². The molecule has 0 spiro atoms. The van der Waals surface area contributed by atoms with Gasteiger partial charge in [-0.15, -0.1) is 0 Å². The highest BCUT2D eigenvalue weighted by molar-refractivity contribution is 6.30. The van der Waals surface area contributed by atoms with Crippen LogP contribution in [0.25, 0.3) is 10.4 Å². The van der Waals surface area contributed by atoms with Gasteiger partial charge in [-0.25, -0.2) is 9.69 Å². The number of carbonyl (C=O) groups is 2. The molecule has 0 aliphatic carbocycles. The van der Waals surface area contributed by atoms with Gasteiger partial charge in [0.1, 0.15) is 18.7 Å². The summed E-state index contributed by atoms with van der Waals surface area (Å²) in [4.78, 5) is 30.4. The van der Waals surface area contributed by atoms with Crippen LogP contribution >= 0.6 is 11.6 Å². The zero-order valence-corrected chi connectivity index (χ0v) is 20.3. The van der Waals surface area contributed by atoms with Gasteiger partial charge in [-0.1, -0.05) is 59.2 Å². The van der Waals surface area contributed by atoms with E-state index in [0.29, 0.717) is 22.6 Å². The van der Waals surface area contributed by atoms with Gasteiger partial charge in [-0.2, -0.15) is 13.2 Å². The van der Waals surface area contributed by atoms with Crippen molar-refractivity contribution in [2.45, 2.75) is 49.5 Å². The zero-order chi connectivity index (χ0) is 26.6. The molecule has 0 N–H and O–H groups in total. The van der Waals surface area contributed by atoms with Crippen LogP contribution in [0.5, 0.6) is 0 Å². The van der Waals surface area contributed by atoms with E-state index in [9.17, 15) is 28.3 Å². The molecule has 2 aromatic carbocycles. The predicted octanol–water partition coefficient (Wildman–Crippen LogP) is 6.57. The van der Waals surface area contributed by atoms with Gasteiger partial charge in [0.15, 0.2) is 0 Å². The smallest absolute Gasteiger partial charge is 0.417 e. The standard InChI is InChI=1S/C25H24ClF3N4O4/c26-18-8-6-16(7-9-18)21(17-10-11-36-19(12-17)13-25(27,28)29)22(31-32-30)23(34)33-20(14-37-24(33)35)15-4-2-1-3-5-15/h1-9,17,19-22H,10-14H2/t17-,19+,20+,21-,22-/m0/s1. The van der Waals surface area contributed by atoms with Crippen LogP contribution in [-0.2, 0) is 14.3 Å². The highest BCUT2D eigenvalue weighted by Gasteiger charge is 2.47. The van der Waals surface area contributed by atoms with Crippen molar-refractivity contribution in [2.24, 2.45) is 11.0 Å². The number of rotatable bonds is 7. The van der Waals surface area contributed by atoms with E-state index in [1.807, 2.05) is 0 Å². The second-order valence-corrected chi connectivity index (χ2v) is 9.47. The average Bonchev–Trinajstić information content (AvgIpc) is 3.25. The zero-order valence-electron chi connectivity index (χ0n) is 19.6. The summed E-state index contributed by atoms with van der Waals surface area (Å²) in [5.41, 5.74) is 10.6. The third-order valence-electron chi connectivity index (χ3n) is 6.69. The maximum atomic E-state index is 13.9. The number of hydrogen-bond donors (Lipinski definition) is 0. The molecule has 2 aromatic rings. The fourth-order valence-electron chi connectivity index (χ4n) is 5.09. The fraction of sp³-hybridized carbons (Fsp3) is 0.440. The molecule has 2 heterocycles. The molecular formula is C25H24ClF3N4O4. The summed E-state index contributed by atoms with van der Waals surface area (Å²) in [6.07, 6.45) is -7.23. The minimum absolute atomic E-state index is 0.00983. The van der Waals surface area contributed by atoms with Crippen molar-refractivity contribution in [3.63, 3.8) is 0 Å². The van der Waals surface area contributed by atoms with Crippen molar-refractivity contribution in [1.82, 2.24) is 4.90 Å². The Bertz CT molecular complexity index is 1160. The molecule has 5 atom stereocenters. The summed E-state index contributed by atoms with van der Waals surface area (Å²) in [6.45, 7) is -0.0286. The predicted molar refractivity (Wildman–Crippen MR) is 128 cm³/mol. The minimum atomic E-state index is -4.43. The molecule has 2 amide bonds. The van der Waals surface area contributed by atoms with E-state index in [0.717, 1.165) is 4.90 Å². The monoisotopic (exact) mass is 536 g/mol. The Morgan fingerprint density at radius 1 is 1.19 bits per heavy atom. The number of amides is 2. The molecule has 37 heavy (non-hydrogen) atoms.